The maximum atomic E-state index is 13.8. The summed E-state index contributed by atoms with van der Waals surface area (Å²) in [4.78, 5) is 61.2. The molecular formula is C93H90F7N20O10Y5-5. The molecule has 10 aromatic carbocycles. The molecule has 2 fully saturated rings. The van der Waals surface area contributed by atoms with Gasteiger partial charge < -0.3 is 23.7 Å². The van der Waals surface area contributed by atoms with E-state index in [9.17, 15) is 54.7 Å². The second-order valence-corrected chi connectivity index (χ2v) is 31.3. The number of rotatable bonds is 25. The Labute approximate surface area is 897 Å². The van der Waals surface area contributed by atoms with Crippen molar-refractivity contribution in [2.75, 3.05) is 0 Å². The Morgan fingerprint density at radius 1 is 0.363 bits per heavy atom. The molecule has 5 radical (unpaired) electrons. The molecule has 0 bridgehead atoms. The van der Waals surface area contributed by atoms with E-state index < -0.39 is 46.6 Å². The molecule has 15 aromatic rings. The van der Waals surface area contributed by atoms with Gasteiger partial charge in [-0.2, -0.15) is 77.1 Å². The van der Waals surface area contributed by atoms with Gasteiger partial charge in [0.15, 0.2) is 0 Å². The first-order valence-corrected chi connectivity index (χ1v) is 41.1. The summed E-state index contributed by atoms with van der Waals surface area (Å²) >= 11 is 0. The molecule has 5 aromatic heterocycles. The van der Waals surface area contributed by atoms with Crippen LogP contribution in [0.15, 0.2) is 176 Å². The van der Waals surface area contributed by atoms with Gasteiger partial charge >= 0.3 is 28.4 Å². The van der Waals surface area contributed by atoms with E-state index in [2.05, 4.69) is 103 Å². The predicted octanol–water partition coefficient (Wildman–Crippen LogP) is 13.3. The average molecular weight is 2230 g/mol. The van der Waals surface area contributed by atoms with Crippen LogP contribution in [-0.4, -0.2) is 105 Å². The molecule has 0 N–H and O–H groups in total. The first-order chi connectivity index (χ1) is 62.2. The summed E-state index contributed by atoms with van der Waals surface area (Å²) in [7, 11) is 7.61. The Balaban J connectivity index is 0.000000206. The van der Waals surface area contributed by atoms with Crippen LogP contribution in [0.3, 0.4) is 0 Å². The van der Waals surface area contributed by atoms with Gasteiger partial charge in [0.1, 0.15) is 33.0 Å². The molecule has 0 amide bonds. The maximum Gasteiger partial charge on any atom is 0.368 e. The minimum Gasteiger partial charge on any atom is -0.514 e. The summed E-state index contributed by atoms with van der Waals surface area (Å²) in [5.41, 5.74) is 12.9. The van der Waals surface area contributed by atoms with E-state index in [1.165, 1.54) is 89.3 Å². The Morgan fingerprint density at radius 2 is 0.630 bits per heavy atom. The maximum absolute atomic E-state index is 13.8. The minimum absolute atomic E-state index is 0. The molecule has 0 spiro atoms. The number of nitrogens with zero attached hydrogens (tertiary/aromatic N) is 20. The predicted molar refractivity (Wildman–Crippen MR) is 462 cm³/mol. The van der Waals surface area contributed by atoms with Gasteiger partial charge in [0, 0.05) is 291 Å². The monoisotopic (exact) mass is 2220 g/mol. The number of tetrazole rings is 5. The smallest absolute Gasteiger partial charge is 0.368 e. The van der Waals surface area contributed by atoms with E-state index in [0.29, 0.717) is 74.0 Å². The van der Waals surface area contributed by atoms with Crippen molar-refractivity contribution >= 4 is 0 Å². The summed E-state index contributed by atoms with van der Waals surface area (Å²) in [6.07, 6.45) is 3.73. The van der Waals surface area contributed by atoms with Crippen molar-refractivity contribution in [3.8, 4) is 57.2 Å². The Bertz CT molecular complexity index is 6810. The third kappa shape index (κ3) is 27.1. The fourth-order valence-corrected chi connectivity index (χ4v) is 14.0. The van der Waals surface area contributed by atoms with Crippen molar-refractivity contribution in [3.63, 3.8) is 0 Å². The molecule has 1 atom stereocenters. The standard InChI is InChI=1S/C19H16F3N4O2.C19H18FN4O2.2C19H20FN4O2.C17H16FN4O2.5Y/c1-11-6-7-12(20)8-17(11)28-10-14-13(15-9-19(15,21)22)4-3-5-16(14)26-18(27)25(2)23-24-26;1-12-6-9-14(20)10-18(12)26-11-16-15(13-7-8-13)4-3-5-17(16)24-19(25)23(2)21-22-24;1-12(2)15-6-5-7-17(24-19(25)23(4)21-22-24)16(15)11-26-18-10-14(20)9-8-13(18)3;1-4-6-14-7-5-8-17(24-19(25)23(3)21-22-24)16(14)12-26-18-11-15(20)10-9-13(18)2;1-11-5-4-6-15(22-17(23)21(3)19-20-22)14(11)10-24-16-9-13(18)8-7-12(16)2;;;;;/h3-6,8,15H,9-10H2,1-2H3;3-6,10,13H,7-8,11H2,1-2H3;5-8,10,12H,11H2,1-4H3;5,7-9,11H,4,6,12H2,1-3H3;4-7,9H,10H2,1-3H3;;;;;/q5*-1;;;;;. The molecular weight excluding hydrogens is 2130 g/mol. The van der Waals surface area contributed by atoms with Gasteiger partial charge in [-0.25, -0.2) is 54.7 Å². The SMILES string of the molecule is CCCc1cccc(-n2nnn(C)c2=O)c1COc1cc(F)[c-]cc1C.Cc1c[c-]c(F)cc1OCc1c(C(C)C)cccc1-n1nnn(C)c1=O.Cc1c[c-]c(F)cc1OCc1c(C)cccc1-n1nnn(C)c1=O.Cc1c[c-]c(F)cc1OCc1c(C2CC2(F)F)cccc1-n1nnn(C)c1=O.Cc1c[c-]c(F)cc1OCc1c(C2CC2)cccc1-n1nnn(C)c1=O.[Y].[Y].[Y].[Y].[Y]. The van der Waals surface area contributed by atoms with E-state index in [1.54, 1.807) is 82.7 Å². The van der Waals surface area contributed by atoms with Crippen LogP contribution in [-0.2, 0) is 238 Å². The number of hydrogen-bond donors (Lipinski definition) is 0. The molecule has 30 nitrogen and oxygen atoms in total. The zero-order chi connectivity index (χ0) is 93.1. The molecule has 2 saturated carbocycles. The van der Waals surface area contributed by atoms with Crippen LogP contribution in [0, 0.1) is 101 Å². The van der Waals surface area contributed by atoms with Gasteiger partial charge in [-0.05, 0) is 148 Å². The zero-order valence-corrected chi connectivity index (χ0v) is 90.5. The Morgan fingerprint density at radius 3 is 0.933 bits per heavy atom. The summed E-state index contributed by atoms with van der Waals surface area (Å²) in [5.74, 6) is -3.52. The summed E-state index contributed by atoms with van der Waals surface area (Å²) in [5, 5.41) is 38.2. The van der Waals surface area contributed by atoms with Crippen molar-refractivity contribution in [2.24, 2.45) is 35.2 Å². The number of benzene rings is 10. The quantitative estimate of drug-likeness (QED) is 0.0379. The van der Waals surface area contributed by atoms with Crippen molar-refractivity contribution in [2.45, 2.75) is 151 Å². The number of ether oxygens (including phenoxy) is 5. The molecule has 42 heteroatoms. The van der Waals surface area contributed by atoms with Gasteiger partial charge in [-0.1, -0.05) is 153 Å². The van der Waals surface area contributed by atoms with Crippen LogP contribution in [0.4, 0.5) is 30.7 Å². The van der Waals surface area contributed by atoms with Crippen LogP contribution in [0.25, 0.3) is 28.4 Å². The van der Waals surface area contributed by atoms with Crippen LogP contribution in [0.1, 0.15) is 148 Å². The summed E-state index contributed by atoms with van der Waals surface area (Å²) < 4.78 is 136. The van der Waals surface area contributed by atoms with Crippen molar-refractivity contribution in [1.29, 1.82) is 0 Å². The van der Waals surface area contributed by atoms with Crippen LogP contribution >= 0.6 is 0 Å². The van der Waals surface area contributed by atoms with E-state index in [-0.39, 0.29) is 237 Å². The average Bonchev–Trinajstić information content (AvgIpc) is 1.66. The van der Waals surface area contributed by atoms with E-state index in [4.69, 9.17) is 23.7 Å². The second-order valence-electron chi connectivity index (χ2n) is 31.3. The van der Waals surface area contributed by atoms with Crippen molar-refractivity contribution < 1.29 is 218 Å². The fourth-order valence-electron chi connectivity index (χ4n) is 14.0. The Kier molecular flexibility index (Phi) is 40.9. The zero-order valence-electron chi connectivity index (χ0n) is 76.3. The number of aryl methyl sites for hydroxylation is 12. The summed E-state index contributed by atoms with van der Waals surface area (Å²) in [6, 6.07) is 53.9. The van der Waals surface area contributed by atoms with E-state index in [0.717, 1.165) is 106 Å². The van der Waals surface area contributed by atoms with Gasteiger partial charge in [-0.15, -0.1) is 58.1 Å². The third-order valence-corrected chi connectivity index (χ3v) is 21.5. The summed E-state index contributed by atoms with van der Waals surface area (Å²) in [6.45, 7) is 17.8. The fraction of sp³-hybridized carbons (Fsp3) is 0.301. The number of aromatic nitrogens is 20. The van der Waals surface area contributed by atoms with Gasteiger partial charge in [0.05, 0.1) is 34.4 Å². The van der Waals surface area contributed by atoms with E-state index >= 15 is 0 Å². The number of hydrogen-bond acceptors (Lipinski definition) is 20. The van der Waals surface area contributed by atoms with Crippen molar-refractivity contribution in [3.05, 3.63) is 347 Å². The second kappa shape index (κ2) is 49.7. The van der Waals surface area contributed by atoms with Crippen LogP contribution < -0.4 is 52.1 Å². The van der Waals surface area contributed by atoms with Crippen LogP contribution in [0.5, 0.6) is 28.7 Å². The van der Waals surface area contributed by atoms with Gasteiger partial charge in [-0.3, -0.25) is 0 Å². The minimum atomic E-state index is -2.80. The molecule has 17 rings (SSSR count). The van der Waals surface area contributed by atoms with Gasteiger partial charge in [0.2, 0.25) is 0 Å². The van der Waals surface area contributed by atoms with Crippen molar-refractivity contribution in [1.82, 2.24) is 99.0 Å². The topological polar surface area (TPSA) is 310 Å². The van der Waals surface area contributed by atoms with Crippen LogP contribution in [0.2, 0.25) is 0 Å². The molecule has 1 unspecified atom stereocenters. The number of alkyl halides is 2. The Hall–Kier alpha value is -9.42. The molecule has 0 aliphatic heterocycles. The first-order valence-electron chi connectivity index (χ1n) is 41.1. The van der Waals surface area contributed by atoms with E-state index in [1.807, 2.05) is 89.2 Å². The molecule has 2 aliphatic rings. The number of halogens is 7. The molecule has 135 heavy (non-hydrogen) atoms. The molecule has 5 heterocycles. The largest absolute Gasteiger partial charge is 0.514 e. The normalized spacial score (nSPS) is 12.5. The third-order valence-electron chi connectivity index (χ3n) is 21.5. The van der Waals surface area contributed by atoms with Gasteiger partial charge in [0.25, 0.3) is 5.92 Å². The first kappa shape index (κ1) is 111. The molecule has 2 aliphatic carbocycles. The molecule has 691 valence electrons. The molecule has 0 saturated heterocycles.